The molecule has 0 aliphatic rings. The molecule has 0 aliphatic heterocycles. The molecule has 100 valence electrons. The van der Waals surface area contributed by atoms with E-state index >= 15 is 0 Å². The average molecular weight is 270 g/mol. The summed E-state index contributed by atoms with van der Waals surface area (Å²) in [6, 6.07) is 4.85. The van der Waals surface area contributed by atoms with E-state index in [0.717, 1.165) is 18.7 Å². The van der Waals surface area contributed by atoms with E-state index in [9.17, 15) is 4.39 Å². The normalized spacial score (nSPS) is 10.9. The zero-order valence-electron chi connectivity index (χ0n) is 10.8. The predicted octanol–water partition coefficient (Wildman–Crippen LogP) is 1.93. The molecular weight excluding hydrogens is 251 g/mol. The highest BCUT2D eigenvalue weighted by Crippen LogP contribution is 2.12. The zero-order chi connectivity index (χ0) is 13.5. The van der Waals surface area contributed by atoms with Gasteiger partial charge in [-0.2, -0.15) is 0 Å². The summed E-state index contributed by atoms with van der Waals surface area (Å²) in [6.07, 6.45) is 0. The van der Waals surface area contributed by atoms with Gasteiger partial charge >= 0.3 is 0 Å². The van der Waals surface area contributed by atoms with Crippen molar-refractivity contribution in [3.63, 3.8) is 0 Å². The highest BCUT2D eigenvalue weighted by atomic mass is 32.1. The first kappa shape index (κ1) is 15.0. The first-order chi connectivity index (χ1) is 8.54. The van der Waals surface area contributed by atoms with Crippen molar-refractivity contribution >= 4 is 17.2 Å². The topological polar surface area (TPSA) is 38.5 Å². The van der Waals surface area contributed by atoms with Crippen LogP contribution in [-0.4, -0.2) is 36.7 Å². The van der Waals surface area contributed by atoms with Crippen molar-refractivity contribution in [1.82, 2.24) is 4.90 Å². The molecule has 0 atom stereocenters. The van der Waals surface area contributed by atoms with E-state index in [1.807, 2.05) is 14.0 Å². The van der Waals surface area contributed by atoms with E-state index in [1.54, 1.807) is 12.1 Å². The van der Waals surface area contributed by atoms with Crippen molar-refractivity contribution in [1.29, 1.82) is 0 Å². The van der Waals surface area contributed by atoms with Crippen LogP contribution in [0.15, 0.2) is 18.2 Å². The van der Waals surface area contributed by atoms with Crippen molar-refractivity contribution in [2.75, 3.05) is 26.8 Å². The van der Waals surface area contributed by atoms with E-state index in [-0.39, 0.29) is 10.8 Å². The minimum absolute atomic E-state index is 0.0892. The highest BCUT2D eigenvalue weighted by molar-refractivity contribution is 7.80. The zero-order valence-corrected chi connectivity index (χ0v) is 11.6. The van der Waals surface area contributed by atoms with Crippen molar-refractivity contribution in [3.05, 3.63) is 35.1 Å². The minimum atomic E-state index is -0.372. The Morgan fingerprint density at radius 1 is 1.50 bits per heavy atom. The van der Waals surface area contributed by atoms with Gasteiger partial charge in [0, 0.05) is 25.3 Å². The molecule has 0 radical (unpaired) electrons. The third-order valence-electron chi connectivity index (χ3n) is 2.57. The summed E-state index contributed by atoms with van der Waals surface area (Å²) in [5.74, 6) is -0.372. The monoisotopic (exact) mass is 270 g/mol. The molecule has 0 aromatic heterocycles. The van der Waals surface area contributed by atoms with Crippen LogP contribution in [0.1, 0.15) is 18.1 Å². The molecule has 0 bridgehead atoms. The Bertz CT molecular complexity index is 412. The lowest BCUT2D eigenvalue weighted by Gasteiger charge is -2.17. The molecule has 0 amide bonds. The van der Waals surface area contributed by atoms with Crippen molar-refractivity contribution in [2.45, 2.75) is 13.5 Å². The molecule has 2 N–H and O–H groups in total. The molecular formula is C13H19FN2OS. The van der Waals surface area contributed by atoms with Gasteiger partial charge in [-0.1, -0.05) is 18.3 Å². The number of rotatable bonds is 7. The van der Waals surface area contributed by atoms with Crippen molar-refractivity contribution < 1.29 is 9.13 Å². The number of hydrogen-bond acceptors (Lipinski definition) is 3. The molecule has 0 fully saturated rings. The highest BCUT2D eigenvalue weighted by Gasteiger charge is 2.07. The third kappa shape index (κ3) is 4.68. The Kier molecular flexibility index (Phi) is 6.18. The molecule has 0 aliphatic carbocycles. The predicted molar refractivity (Wildman–Crippen MR) is 75.1 cm³/mol. The number of benzene rings is 1. The molecule has 1 aromatic carbocycles. The molecule has 0 unspecified atom stereocenters. The van der Waals surface area contributed by atoms with Crippen LogP contribution in [0.4, 0.5) is 4.39 Å². The second-order valence-electron chi connectivity index (χ2n) is 4.11. The van der Waals surface area contributed by atoms with Crippen LogP contribution in [0.3, 0.4) is 0 Å². The van der Waals surface area contributed by atoms with Crippen LogP contribution >= 0.6 is 12.2 Å². The number of hydrogen-bond donors (Lipinski definition) is 1. The molecule has 3 nitrogen and oxygen atoms in total. The number of likely N-dealkylation sites (N-methyl/N-ethyl adjacent to an activating group) is 1. The van der Waals surface area contributed by atoms with E-state index in [4.69, 9.17) is 22.7 Å². The van der Waals surface area contributed by atoms with Crippen LogP contribution < -0.4 is 5.73 Å². The lowest BCUT2D eigenvalue weighted by Crippen LogP contribution is -2.23. The first-order valence-corrected chi connectivity index (χ1v) is 6.30. The molecule has 5 heteroatoms. The van der Waals surface area contributed by atoms with Crippen LogP contribution in [0.5, 0.6) is 0 Å². The summed E-state index contributed by atoms with van der Waals surface area (Å²) >= 11 is 4.81. The van der Waals surface area contributed by atoms with E-state index in [2.05, 4.69) is 4.90 Å². The summed E-state index contributed by atoms with van der Waals surface area (Å²) < 4.78 is 18.7. The summed E-state index contributed by atoms with van der Waals surface area (Å²) in [6.45, 7) is 4.91. The second-order valence-corrected chi connectivity index (χ2v) is 4.55. The molecule has 0 saturated carbocycles. The molecule has 0 heterocycles. The van der Waals surface area contributed by atoms with Gasteiger partial charge in [0.15, 0.2) is 0 Å². The van der Waals surface area contributed by atoms with Crippen molar-refractivity contribution in [2.24, 2.45) is 5.73 Å². The van der Waals surface area contributed by atoms with Gasteiger partial charge in [-0.3, -0.25) is 4.90 Å². The van der Waals surface area contributed by atoms with E-state index in [0.29, 0.717) is 18.7 Å². The van der Waals surface area contributed by atoms with Gasteiger partial charge in [-0.15, -0.1) is 0 Å². The fourth-order valence-corrected chi connectivity index (χ4v) is 1.77. The van der Waals surface area contributed by atoms with Gasteiger partial charge in [0.1, 0.15) is 10.8 Å². The maximum absolute atomic E-state index is 13.4. The summed E-state index contributed by atoms with van der Waals surface area (Å²) in [5, 5.41) is 0. The van der Waals surface area contributed by atoms with Gasteiger partial charge in [-0.25, -0.2) is 4.39 Å². The number of halogens is 1. The Labute approximate surface area is 113 Å². The number of thiocarbonyl (C=S) groups is 1. The Morgan fingerprint density at radius 2 is 2.22 bits per heavy atom. The van der Waals surface area contributed by atoms with Gasteiger partial charge in [-0.05, 0) is 31.7 Å². The quantitative estimate of drug-likeness (QED) is 0.607. The Balaban J connectivity index is 2.62. The molecule has 0 saturated heterocycles. The molecule has 18 heavy (non-hydrogen) atoms. The summed E-state index contributed by atoms with van der Waals surface area (Å²) in [7, 11) is 1.99. The second kappa shape index (κ2) is 7.41. The van der Waals surface area contributed by atoms with E-state index in [1.165, 1.54) is 6.07 Å². The fraction of sp³-hybridized carbons (Fsp3) is 0.462. The van der Waals surface area contributed by atoms with Crippen LogP contribution in [0, 0.1) is 5.82 Å². The third-order valence-corrected chi connectivity index (χ3v) is 2.79. The average Bonchev–Trinajstić information content (AvgIpc) is 2.31. The Hall–Kier alpha value is -1.04. The first-order valence-electron chi connectivity index (χ1n) is 5.89. The molecule has 1 aromatic rings. The maximum Gasteiger partial charge on any atom is 0.133 e. The van der Waals surface area contributed by atoms with Crippen molar-refractivity contribution in [3.8, 4) is 0 Å². The lowest BCUT2D eigenvalue weighted by atomic mass is 10.1. The smallest absolute Gasteiger partial charge is 0.133 e. The van der Waals surface area contributed by atoms with Gasteiger partial charge in [0.25, 0.3) is 0 Å². The largest absolute Gasteiger partial charge is 0.389 e. The van der Waals surface area contributed by atoms with E-state index < -0.39 is 0 Å². The van der Waals surface area contributed by atoms with Gasteiger partial charge in [0.05, 0.1) is 6.61 Å². The summed E-state index contributed by atoms with van der Waals surface area (Å²) in [5.41, 5.74) is 6.76. The van der Waals surface area contributed by atoms with Crippen LogP contribution in [0.2, 0.25) is 0 Å². The number of ether oxygens (including phenoxy) is 1. The standard InChI is InChI=1S/C13H19FN2OS/c1-3-17-7-6-16(2)9-10-4-5-12(14)11(8-10)13(15)18/h4-5,8H,3,6-7,9H2,1-2H3,(H2,15,18). The van der Waals surface area contributed by atoms with Gasteiger partial charge in [0.2, 0.25) is 0 Å². The van der Waals surface area contributed by atoms with Crippen LogP contribution in [-0.2, 0) is 11.3 Å². The number of nitrogens with zero attached hydrogens (tertiary/aromatic N) is 1. The SMILES string of the molecule is CCOCCN(C)Cc1ccc(F)c(C(N)=S)c1. The molecule has 0 spiro atoms. The van der Waals surface area contributed by atoms with Crippen LogP contribution in [0.25, 0.3) is 0 Å². The Morgan fingerprint density at radius 3 is 2.83 bits per heavy atom. The fourth-order valence-electron chi connectivity index (χ4n) is 1.62. The lowest BCUT2D eigenvalue weighted by molar-refractivity contribution is 0.120. The maximum atomic E-state index is 13.4. The molecule has 1 rings (SSSR count). The minimum Gasteiger partial charge on any atom is -0.389 e. The number of nitrogens with two attached hydrogens (primary N) is 1. The summed E-state index contributed by atoms with van der Waals surface area (Å²) in [4.78, 5) is 2.19. The van der Waals surface area contributed by atoms with Gasteiger partial charge < -0.3 is 10.5 Å².